The number of nitrogens with zero attached hydrogens (tertiary/aromatic N) is 1. The quantitative estimate of drug-likeness (QED) is 0.881. The predicted molar refractivity (Wildman–Crippen MR) is 74.7 cm³/mol. The normalized spacial score (nSPS) is 10.9. The minimum atomic E-state index is -0.195. The van der Waals surface area contributed by atoms with Crippen LogP contribution in [0.1, 0.15) is 30.2 Å². The van der Waals surface area contributed by atoms with Crippen molar-refractivity contribution in [3.05, 3.63) is 34.8 Å². The van der Waals surface area contributed by atoms with Crippen LogP contribution in [-0.2, 0) is 0 Å². The van der Waals surface area contributed by atoms with Gasteiger partial charge in [-0.3, -0.25) is 4.98 Å². The highest BCUT2D eigenvalue weighted by molar-refractivity contribution is 5.93. The van der Waals surface area contributed by atoms with Crippen molar-refractivity contribution >= 4 is 16.6 Å². The van der Waals surface area contributed by atoms with Gasteiger partial charge < -0.3 is 5.32 Å². The van der Waals surface area contributed by atoms with Crippen LogP contribution in [-0.4, -0.2) is 11.5 Å². The Kier molecular flexibility index (Phi) is 3.50. The number of aromatic nitrogens is 1. The van der Waals surface area contributed by atoms with Gasteiger partial charge >= 0.3 is 0 Å². The van der Waals surface area contributed by atoms with Crippen LogP contribution in [0.15, 0.2) is 12.1 Å². The van der Waals surface area contributed by atoms with E-state index in [-0.39, 0.29) is 5.82 Å². The molecule has 2 rings (SSSR count). The van der Waals surface area contributed by atoms with Crippen molar-refractivity contribution < 1.29 is 4.39 Å². The second-order valence-corrected chi connectivity index (χ2v) is 4.74. The summed E-state index contributed by atoms with van der Waals surface area (Å²) in [5, 5.41) is 4.44. The molecule has 0 radical (unpaired) electrons. The molecule has 2 aromatic rings. The van der Waals surface area contributed by atoms with Crippen LogP contribution in [0.2, 0.25) is 0 Å². The Morgan fingerprint density at radius 1 is 1.22 bits per heavy atom. The van der Waals surface area contributed by atoms with E-state index in [1.165, 1.54) is 6.07 Å². The molecule has 0 atom stereocenters. The van der Waals surface area contributed by atoms with Gasteiger partial charge in [0.05, 0.1) is 5.52 Å². The molecule has 1 heterocycles. The molecule has 0 unspecified atom stereocenters. The zero-order chi connectivity index (χ0) is 13.3. The molecule has 0 fully saturated rings. The van der Waals surface area contributed by atoms with Crippen molar-refractivity contribution in [2.45, 2.75) is 34.1 Å². The molecule has 18 heavy (non-hydrogen) atoms. The number of fused-ring (bicyclic) bond motifs is 1. The largest absolute Gasteiger partial charge is 0.384 e. The van der Waals surface area contributed by atoms with Crippen LogP contribution >= 0.6 is 0 Å². The second-order valence-electron chi connectivity index (χ2n) is 4.74. The van der Waals surface area contributed by atoms with Crippen molar-refractivity contribution in [1.82, 2.24) is 4.98 Å². The molecule has 1 aromatic heterocycles. The van der Waals surface area contributed by atoms with Crippen molar-refractivity contribution in [2.24, 2.45) is 0 Å². The van der Waals surface area contributed by atoms with Gasteiger partial charge in [-0.15, -0.1) is 0 Å². The molecule has 0 aliphatic heterocycles. The lowest BCUT2D eigenvalue weighted by molar-refractivity contribution is 0.620. The van der Waals surface area contributed by atoms with Gasteiger partial charge in [-0.1, -0.05) is 6.92 Å². The maximum atomic E-state index is 13.6. The van der Waals surface area contributed by atoms with Crippen LogP contribution in [0.4, 0.5) is 10.1 Å². The molecule has 3 heteroatoms. The van der Waals surface area contributed by atoms with E-state index in [1.54, 1.807) is 6.92 Å². The Bertz CT molecular complexity index is 586. The third-order valence-corrected chi connectivity index (χ3v) is 3.30. The van der Waals surface area contributed by atoms with E-state index in [2.05, 4.69) is 24.1 Å². The van der Waals surface area contributed by atoms with Crippen LogP contribution in [0, 0.1) is 26.6 Å². The fraction of sp³-hybridized carbons (Fsp3) is 0.400. The maximum Gasteiger partial charge on any atom is 0.128 e. The summed E-state index contributed by atoms with van der Waals surface area (Å²) in [5.41, 5.74) is 4.56. The Labute approximate surface area is 107 Å². The zero-order valence-corrected chi connectivity index (χ0v) is 11.4. The summed E-state index contributed by atoms with van der Waals surface area (Å²) < 4.78 is 13.6. The summed E-state index contributed by atoms with van der Waals surface area (Å²) in [4.78, 5) is 4.47. The van der Waals surface area contributed by atoms with Gasteiger partial charge in [0, 0.05) is 29.4 Å². The average Bonchev–Trinajstić information content (AvgIpc) is 2.33. The van der Waals surface area contributed by atoms with Gasteiger partial charge in [-0.2, -0.15) is 0 Å². The number of pyridine rings is 1. The smallest absolute Gasteiger partial charge is 0.128 e. The number of rotatable bonds is 3. The number of hydrogen-bond donors (Lipinski definition) is 1. The zero-order valence-electron chi connectivity index (χ0n) is 11.4. The molecule has 96 valence electrons. The topological polar surface area (TPSA) is 24.9 Å². The van der Waals surface area contributed by atoms with Crippen LogP contribution in [0.5, 0.6) is 0 Å². The lowest BCUT2D eigenvalue weighted by Crippen LogP contribution is -2.05. The lowest BCUT2D eigenvalue weighted by Gasteiger charge is -2.15. The molecular weight excluding hydrogens is 227 g/mol. The number of anilines is 1. The highest BCUT2D eigenvalue weighted by atomic mass is 19.1. The molecule has 0 bridgehead atoms. The molecule has 0 spiro atoms. The second kappa shape index (κ2) is 4.92. The summed E-state index contributed by atoms with van der Waals surface area (Å²) in [7, 11) is 0. The summed E-state index contributed by atoms with van der Waals surface area (Å²) in [5.74, 6) is -0.195. The van der Waals surface area contributed by atoms with E-state index in [4.69, 9.17) is 0 Å². The summed E-state index contributed by atoms with van der Waals surface area (Å²) >= 11 is 0. The van der Waals surface area contributed by atoms with E-state index >= 15 is 0 Å². The summed E-state index contributed by atoms with van der Waals surface area (Å²) in [6.45, 7) is 8.84. The van der Waals surface area contributed by atoms with Crippen molar-refractivity contribution in [2.75, 3.05) is 11.9 Å². The molecule has 1 N–H and O–H groups in total. The molecule has 0 amide bonds. The Hall–Kier alpha value is -1.64. The van der Waals surface area contributed by atoms with Crippen LogP contribution in [0.25, 0.3) is 10.9 Å². The monoisotopic (exact) mass is 246 g/mol. The molecule has 0 aliphatic carbocycles. The number of benzene rings is 1. The number of nitrogens with one attached hydrogen (secondary N) is 1. The summed E-state index contributed by atoms with van der Waals surface area (Å²) in [6, 6.07) is 3.40. The molecule has 1 aromatic carbocycles. The first kappa shape index (κ1) is 12.8. The van der Waals surface area contributed by atoms with Gasteiger partial charge in [-0.05, 0) is 44.4 Å². The fourth-order valence-corrected chi connectivity index (χ4v) is 2.09. The third kappa shape index (κ3) is 2.17. The maximum absolute atomic E-state index is 13.6. The molecule has 0 aliphatic rings. The van der Waals surface area contributed by atoms with Crippen LogP contribution in [0.3, 0.4) is 0 Å². The molecule has 2 nitrogen and oxygen atoms in total. The highest BCUT2D eigenvalue weighted by Gasteiger charge is 2.11. The number of aryl methyl sites for hydroxylation is 2. The minimum absolute atomic E-state index is 0.195. The minimum Gasteiger partial charge on any atom is -0.384 e. The van der Waals surface area contributed by atoms with E-state index in [9.17, 15) is 4.39 Å². The van der Waals surface area contributed by atoms with Gasteiger partial charge in [-0.25, -0.2) is 4.39 Å². The average molecular weight is 246 g/mol. The van der Waals surface area contributed by atoms with Crippen LogP contribution < -0.4 is 5.32 Å². The van der Waals surface area contributed by atoms with E-state index < -0.39 is 0 Å². The molecular formula is C15H19FN2. The lowest BCUT2D eigenvalue weighted by atomic mass is 10.0. The van der Waals surface area contributed by atoms with Gasteiger partial charge in [0.15, 0.2) is 0 Å². The third-order valence-electron chi connectivity index (χ3n) is 3.30. The number of hydrogen-bond acceptors (Lipinski definition) is 2. The van der Waals surface area contributed by atoms with Crippen molar-refractivity contribution in [3.8, 4) is 0 Å². The van der Waals surface area contributed by atoms with Crippen molar-refractivity contribution in [1.29, 1.82) is 0 Å². The van der Waals surface area contributed by atoms with E-state index in [0.29, 0.717) is 5.56 Å². The highest BCUT2D eigenvalue weighted by Crippen LogP contribution is 2.29. The summed E-state index contributed by atoms with van der Waals surface area (Å²) in [6.07, 6.45) is 1.06. The van der Waals surface area contributed by atoms with E-state index in [0.717, 1.165) is 40.8 Å². The standard InChI is InChI=1S/C15H19FN2/c1-5-6-17-15-10(3)11(4)18-14-8-13(16)9(2)7-12(14)15/h7-8H,5-6H2,1-4H3,(H,17,18). The van der Waals surface area contributed by atoms with Crippen molar-refractivity contribution in [3.63, 3.8) is 0 Å². The van der Waals surface area contributed by atoms with Gasteiger partial charge in [0.1, 0.15) is 5.82 Å². The predicted octanol–water partition coefficient (Wildman–Crippen LogP) is 4.12. The molecule has 0 saturated heterocycles. The Morgan fingerprint density at radius 3 is 2.61 bits per heavy atom. The van der Waals surface area contributed by atoms with E-state index in [1.807, 2.05) is 13.0 Å². The number of halogens is 1. The first-order valence-electron chi connectivity index (χ1n) is 6.35. The Morgan fingerprint density at radius 2 is 1.94 bits per heavy atom. The fourth-order valence-electron chi connectivity index (χ4n) is 2.09. The Balaban J connectivity index is 2.71. The first-order valence-corrected chi connectivity index (χ1v) is 6.35. The van der Waals surface area contributed by atoms with Gasteiger partial charge in [0.25, 0.3) is 0 Å². The van der Waals surface area contributed by atoms with Gasteiger partial charge in [0.2, 0.25) is 0 Å². The molecule has 0 saturated carbocycles. The SMILES string of the molecule is CCCNc1c(C)c(C)nc2cc(F)c(C)cc12. The first-order chi connectivity index (χ1) is 8.54.